The van der Waals surface area contributed by atoms with E-state index >= 15 is 0 Å². The Morgan fingerprint density at radius 2 is 1.14 bits per heavy atom. The molecule has 0 aromatic heterocycles. The zero-order valence-corrected chi connectivity index (χ0v) is 17.5. The maximum Gasteiger partial charge on any atom is 0.427 e. The van der Waals surface area contributed by atoms with Crippen LogP contribution < -0.4 is 4.74 Å². The SMILES string of the molecule is C.Cc1ccc(-c2ccc(-c3ccc(OC(F)(F)c4cc(F)c(F)c(F)c4)c(F)c3)c(F)c2)cc1. The molecule has 0 bridgehead atoms. The van der Waals surface area contributed by atoms with Crippen molar-refractivity contribution in [2.75, 3.05) is 0 Å². The van der Waals surface area contributed by atoms with Crippen molar-refractivity contribution in [2.24, 2.45) is 0 Å². The van der Waals surface area contributed by atoms with Gasteiger partial charge >= 0.3 is 6.11 Å². The lowest BCUT2D eigenvalue weighted by molar-refractivity contribution is -0.187. The van der Waals surface area contributed by atoms with Crippen LogP contribution in [0.5, 0.6) is 5.75 Å². The molecule has 8 heteroatoms. The summed E-state index contributed by atoms with van der Waals surface area (Å²) in [6, 6.07) is 14.6. The van der Waals surface area contributed by atoms with Crippen molar-refractivity contribution in [1.82, 2.24) is 0 Å². The van der Waals surface area contributed by atoms with Gasteiger partial charge in [-0.25, -0.2) is 22.0 Å². The summed E-state index contributed by atoms with van der Waals surface area (Å²) < 4.78 is 102. The Morgan fingerprint density at radius 1 is 0.600 bits per heavy atom. The summed E-state index contributed by atoms with van der Waals surface area (Å²) in [7, 11) is 0. The minimum absolute atomic E-state index is 0. The minimum atomic E-state index is -4.38. The number of alkyl halides is 2. The molecule has 0 spiro atoms. The fraction of sp³-hybridized carbons (Fsp3) is 0.111. The number of hydrogen-bond donors (Lipinski definition) is 0. The van der Waals surface area contributed by atoms with E-state index in [1.54, 1.807) is 6.07 Å². The van der Waals surface area contributed by atoms with E-state index in [1.807, 2.05) is 31.2 Å². The molecule has 0 fully saturated rings. The van der Waals surface area contributed by atoms with Gasteiger partial charge in [0.15, 0.2) is 29.0 Å². The van der Waals surface area contributed by atoms with Crippen molar-refractivity contribution in [1.29, 1.82) is 0 Å². The second kappa shape index (κ2) is 9.82. The largest absolute Gasteiger partial charge is 0.427 e. The van der Waals surface area contributed by atoms with E-state index in [4.69, 9.17) is 0 Å². The molecule has 0 aliphatic carbocycles. The molecule has 0 aliphatic heterocycles. The van der Waals surface area contributed by atoms with E-state index in [2.05, 4.69) is 4.74 Å². The summed E-state index contributed by atoms with van der Waals surface area (Å²) in [5.74, 6) is -8.49. The molecule has 1 nitrogen and oxygen atoms in total. The molecule has 0 saturated carbocycles. The van der Waals surface area contributed by atoms with Crippen LogP contribution in [0.4, 0.5) is 30.7 Å². The molecule has 0 N–H and O–H groups in total. The summed E-state index contributed by atoms with van der Waals surface area (Å²) >= 11 is 0. The standard InChI is InChI=1S/C26H15F7O.CH4/c1-14-2-4-15(5-3-14)16-6-8-19(20(27)10-16)17-7-9-24(21(28)11-17)34-26(32,33)18-12-22(29)25(31)23(30)13-18;/h2-13H,1H3;1H4. The molecule has 0 atom stereocenters. The van der Waals surface area contributed by atoms with Gasteiger partial charge in [0.05, 0.1) is 5.56 Å². The zero-order valence-electron chi connectivity index (χ0n) is 17.5. The van der Waals surface area contributed by atoms with Crippen LogP contribution in [0.3, 0.4) is 0 Å². The highest BCUT2D eigenvalue weighted by Crippen LogP contribution is 2.36. The number of ether oxygens (including phenoxy) is 1. The average Bonchev–Trinajstić information content (AvgIpc) is 2.79. The fourth-order valence-corrected chi connectivity index (χ4v) is 3.35. The van der Waals surface area contributed by atoms with Gasteiger partial charge < -0.3 is 4.74 Å². The molecule has 4 aromatic carbocycles. The van der Waals surface area contributed by atoms with Crippen molar-refractivity contribution in [3.8, 4) is 28.0 Å². The Labute approximate surface area is 197 Å². The molecular weight excluding hydrogens is 473 g/mol. The monoisotopic (exact) mass is 492 g/mol. The van der Waals surface area contributed by atoms with Crippen molar-refractivity contribution in [2.45, 2.75) is 20.5 Å². The van der Waals surface area contributed by atoms with E-state index in [0.29, 0.717) is 5.56 Å². The Hall–Kier alpha value is -3.81. The molecule has 35 heavy (non-hydrogen) atoms. The number of aryl methyl sites for hydroxylation is 1. The Bertz CT molecular complexity index is 1340. The van der Waals surface area contributed by atoms with Gasteiger partial charge in [-0.2, -0.15) is 8.78 Å². The van der Waals surface area contributed by atoms with Gasteiger partial charge in [-0.05, 0) is 53.9 Å². The van der Waals surface area contributed by atoms with E-state index in [1.165, 1.54) is 12.1 Å². The van der Waals surface area contributed by atoms with Gasteiger partial charge in [-0.1, -0.05) is 55.5 Å². The maximum absolute atomic E-state index is 14.8. The molecule has 4 rings (SSSR count). The first-order chi connectivity index (χ1) is 16.0. The summed E-state index contributed by atoms with van der Waals surface area (Å²) in [6.45, 7) is 1.92. The minimum Gasteiger partial charge on any atom is -0.426 e. The lowest BCUT2D eigenvalue weighted by atomic mass is 9.99. The topological polar surface area (TPSA) is 9.23 Å². The molecule has 0 saturated heterocycles. The number of halogens is 7. The maximum atomic E-state index is 14.8. The molecule has 182 valence electrons. The lowest BCUT2D eigenvalue weighted by Gasteiger charge is -2.19. The third-order valence-electron chi connectivity index (χ3n) is 5.15. The van der Waals surface area contributed by atoms with E-state index in [-0.39, 0.29) is 30.7 Å². The molecule has 0 heterocycles. The fourth-order valence-electron chi connectivity index (χ4n) is 3.35. The Kier molecular flexibility index (Phi) is 7.24. The highest BCUT2D eigenvalue weighted by Gasteiger charge is 2.37. The second-order valence-electron chi connectivity index (χ2n) is 7.58. The van der Waals surface area contributed by atoms with Crippen LogP contribution in [0.15, 0.2) is 72.8 Å². The molecular formula is C27H19F7O. The van der Waals surface area contributed by atoms with Gasteiger partial charge in [0.2, 0.25) is 0 Å². The third-order valence-corrected chi connectivity index (χ3v) is 5.15. The first-order valence-electron chi connectivity index (χ1n) is 9.93. The van der Waals surface area contributed by atoms with Crippen molar-refractivity contribution in [3.05, 3.63) is 113 Å². The first-order valence-corrected chi connectivity index (χ1v) is 9.93. The van der Waals surface area contributed by atoms with Crippen LogP contribution >= 0.6 is 0 Å². The summed E-state index contributed by atoms with van der Waals surface area (Å²) in [5, 5.41) is 0. The summed E-state index contributed by atoms with van der Waals surface area (Å²) in [6.07, 6.45) is -4.38. The normalized spacial score (nSPS) is 11.2. The van der Waals surface area contributed by atoms with Gasteiger partial charge in [0.25, 0.3) is 0 Å². The van der Waals surface area contributed by atoms with Crippen LogP contribution in [-0.4, -0.2) is 0 Å². The zero-order chi connectivity index (χ0) is 24.6. The van der Waals surface area contributed by atoms with E-state index < -0.39 is 46.5 Å². The summed E-state index contributed by atoms with van der Waals surface area (Å²) in [5.41, 5.74) is 1.15. The number of hydrogen-bond acceptors (Lipinski definition) is 1. The predicted molar refractivity (Wildman–Crippen MR) is 120 cm³/mol. The quantitative estimate of drug-likeness (QED) is 0.200. The van der Waals surface area contributed by atoms with Crippen molar-refractivity contribution in [3.63, 3.8) is 0 Å². The van der Waals surface area contributed by atoms with Crippen molar-refractivity contribution >= 4 is 0 Å². The number of rotatable bonds is 5. The molecule has 0 amide bonds. The molecule has 0 radical (unpaired) electrons. The average molecular weight is 492 g/mol. The van der Waals surface area contributed by atoms with Crippen LogP contribution in [0.2, 0.25) is 0 Å². The van der Waals surface area contributed by atoms with Crippen LogP contribution in [-0.2, 0) is 6.11 Å². The van der Waals surface area contributed by atoms with Crippen LogP contribution in [0, 0.1) is 36.0 Å². The summed E-state index contributed by atoms with van der Waals surface area (Å²) in [4.78, 5) is 0. The molecule has 4 aromatic rings. The van der Waals surface area contributed by atoms with E-state index in [9.17, 15) is 30.7 Å². The molecule has 0 aliphatic rings. The third kappa shape index (κ3) is 5.31. The molecule has 0 unspecified atom stereocenters. The lowest BCUT2D eigenvalue weighted by Crippen LogP contribution is -2.23. The smallest absolute Gasteiger partial charge is 0.426 e. The first kappa shape index (κ1) is 25.8. The second-order valence-corrected chi connectivity index (χ2v) is 7.58. The van der Waals surface area contributed by atoms with Crippen molar-refractivity contribution < 1.29 is 35.5 Å². The van der Waals surface area contributed by atoms with Crippen LogP contribution in [0.1, 0.15) is 18.6 Å². The highest BCUT2D eigenvalue weighted by molar-refractivity contribution is 5.71. The van der Waals surface area contributed by atoms with Gasteiger partial charge in [-0.15, -0.1) is 0 Å². The number of benzene rings is 4. The highest BCUT2D eigenvalue weighted by atomic mass is 19.3. The van der Waals surface area contributed by atoms with E-state index in [0.717, 1.165) is 29.3 Å². The Balaban J connectivity index is 0.00000342. The predicted octanol–water partition coefficient (Wildman–Crippen LogP) is 8.79. The van der Waals surface area contributed by atoms with Crippen LogP contribution in [0.25, 0.3) is 22.3 Å². The van der Waals surface area contributed by atoms with Gasteiger partial charge in [0.1, 0.15) is 5.82 Å². The van der Waals surface area contributed by atoms with Gasteiger partial charge in [-0.3, -0.25) is 0 Å². The van der Waals surface area contributed by atoms with Gasteiger partial charge in [0, 0.05) is 5.56 Å². The Morgan fingerprint density at radius 3 is 1.71 bits per heavy atom.